The summed E-state index contributed by atoms with van der Waals surface area (Å²) in [5.74, 6) is 0. The first kappa shape index (κ1) is 26.1. The van der Waals surface area contributed by atoms with Crippen LogP contribution in [-0.2, 0) is 0 Å². The number of fused-ring (bicyclic) bond motifs is 7. The van der Waals surface area contributed by atoms with Crippen molar-refractivity contribution in [2.24, 2.45) is 0 Å². The normalized spacial score (nSPS) is 11.8. The fourth-order valence-corrected chi connectivity index (χ4v) is 7.72. The van der Waals surface area contributed by atoms with Crippen molar-refractivity contribution in [2.45, 2.75) is 0 Å². The first-order chi connectivity index (χ1) is 23.3. The number of hydrogen-bond acceptors (Lipinski definition) is 0. The van der Waals surface area contributed by atoms with Crippen molar-refractivity contribution in [3.05, 3.63) is 170 Å². The highest BCUT2D eigenvalue weighted by Gasteiger charge is 2.17. The molecule has 1 aromatic heterocycles. The Morgan fingerprint density at radius 3 is 1.43 bits per heavy atom. The van der Waals surface area contributed by atoms with Gasteiger partial charge in [-0.25, -0.2) is 0 Å². The van der Waals surface area contributed by atoms with Gasteiger partial charge in [-0.1, -0.05) is 140 Å². The van der Waals surface area contributed by atoms with Gasteiger partial charge in [0.25, 0.3) is 0 Å². The summed E-state index contributed by atoms with van der Waals surface area (Å²) in [6, 6.07) is 62.4. The van der Waals surface area contributed by atoms with Gasteiger partial charge < -0.3 is 4.98 Å². The van der Waals surface area contributed by atoms with E-state index >= 15 is 0 Å². The van der Waals surface area contributed by atoms with E-state index in [1.54, 1.807) is 0 Å². The molecular formula is C46H29N. The first-order valence-electron chi connectivity index (χ1n) is 16.3. The van der Waals surface area contributed by atoms with Crippen LogP contribution in [0.3, 0.4) is 0 Å². The number of rotatable bonds is 3. The summed E-state index contributed by atoms with van der Waals surface area (Å²) >= 11 is 0. The van der Waals surface area contributed by atoms with Gasteiger partial charge in [-0.3, -0.25) is 0 Å². The highest BCUT2D eigenvalue weighted by Crippen LogP contribution is 2.44. The van der Waals surface area contributed by atoms with Gasteiger partial charge in [0.2, 0.25) is 0 Å². The molecule has 0 atom stereocenters. The Balaban J connectivity index is 1.16. The maximum absolute atomic E-state index is 3.71. The zero-order valence-corrected chi connectivity index (χ0v) is 25.7. The van der Waals surface area contributed by atoms with Crippen LogP contribution in [0.1, 0.15) is 0 Å². The van der Waals surface area contributed by atoms with E-state index in [2.05, 4.69) is 175 Å². The molecule has 0 aliphatic rings. The summed E-state index contributed by atoms with van der Waals surface area (Å²) < 4.78 is 0. The molecule has 0 saturated carbocycles. The third-order valence-corrected chi connectivity index (χ3v) is 9.92. The highest BCUT2D eigenvalue weighted by molar-refractivity contribution is 6.22. The predicted octanol–water partition coefficient (Wildman–Crippen LogP) is 12.9. The summed E-state index contributed by atoms with van der Waals surface area (Å²) in [6.07, 6.45) is 0. The topological polar surface area (TPSA) is 15.8 Å². The number of nitrogens with one attached hydrogen (secondary N) is 1. The van der Waals surface area contributed by atoms with Gasteiger partial charge in [0.05, 0.1) is 0 Å². The number of aromatic nitrogens is 1. The van der Waals surface area contributed by atoms with Crippen LogP contribution >= 0.6 is 0 Å². The van der Waals surface area contributed by atoms with Gasteiger partial charge in [0.1, 0.15) is 0 Å². The van der Waals surface area contributed by atoms with Crippen molar-refractivity contribution in [1.82, 2.24) is 4.98 Å². The van der Waals surface area contributed by atoms with E-state index in [4.69, 9.17) is 0 Å². The Morgan fingerprint density at radius 2 is 0.745 bits per heavy atom. The Hall–Kier alpha value is -6.18. The molecule has 218 valence electrons. The number of benzene rings is 9. The van der Waals surface area contributed by atoms with Crippen LogP contribution in [0.4, 0.5) is 0 Å². The lowest BCUT2D eigenvalue weighted by Gasteiger charge is -2.18. The molecule has 0 aliphatic carbocycles. The van der Waals surface area contributed by atoms with Gasteiger partial charge in [-0.15, -0.1) is 0 Å². The van der Waals surface area contributed by atoms with Gasteiger partial charge >= 0.3 is 0 Å². The van der Waals surface area contributed by atoms with Crippen LogP contribution in [0.5, 0.6) is 0 Å². The Morgan fingerprint density at radius 1 is 0.255 bits per heavy atom. The molecule has 0 bridgehead atoms. The van der Waals surface area contributed by atoms with E-state index in [9.17, 15) is 0 Å². The summed E-state index contributed by atoms with van der Waals surface area (Å²) in [5.41, 5.74) is 9.79. The van der Waals surface area contributed by atoms with Crippen molar-refractivity contribution < 1.29 is 0 Å². The minimum Gasteiger partial charge on any atom is -0.354 e. The molecule has 47 heavy (non-hydrogen) atoms. The van der Waals surface area contributed by atoms with Crippen molar-refractivity contribution >= 4 is 64.9 Å². The lowest BCUT2D eigenvalue weighted by molar-refractivity contribution is 1.55. The minimum absolute atomic E-state index is 1.16. The van der Waals surface area contributed by atoms with Gasteiger partial charge in [0.15, 0.2) is 0 Å². The Labute approximate surface area is 272 Å². The van der Waals surface area contributed by atoms with Gasteiger partial charge in [-0.05, 0) is 107 Å². The quantitative estimate of drug-likeness (QED) is 0.196. The fourth-order valence-electron chi connectivity index (χ4n) is 7.72. The molecule has 0 fully saturated rings. The van der Waals surface area contributed by atoms with Crippen molar-refractivity contribution in [1.29, 1.82) is 0 Å². The Kier molecular flexibility index (Phi) is 5.64. The largest absolute Gasteiger partial charge is 0.354 e. The van der Waals surface area contributed by atoms with E-state index in [-0.39, 0.29) is 0 Å². The van der Waals surface area contributed by atoms with Gasteiger partial charge in [-0.2, -0.15) is 0 Å². The monoisotopic (exact) mass is 595 g/mol. The molecule has 0 saturated heterocycles. The molecule has 0 spiro atoms. The van der Waals surface area contributed by atoms with E-state index < -0.39 is 0 Å². The molecule has 1 heteroatoms. The second-order valence-electron chi connectivity index (χ2n) is 12.6. The van der Waals surface area contributed by atoms with E-state index in [1.807, 2.05) is 0 Å². The van der Waals surface area contributed by atoms with Crippen molar-refractivity contribution in [3.8, 4) is 33.4 Å². The van der Waals surface area contributed by atoms with Crippen LogP contribution in [0.2, 0.25) is 0 Å². The average molecular weight is 596 g/mol. The highest BCUT2D eigenvalue weighted by atomic mass is 14.7. The number of H-pyrrole nitrogens is 1. The molecule has 1 heterocycles. The Bertz CT molecular complexity index is 2800. The molecular weight excluding hydrogens is 567 g/mol. The molecule has 10 aromatic rings. The predicted molar refractivity (Wildman–Crippen MR) is 202 cm³/mol. The van der Waals surface area contributed by atoms with E-state index in [0.717, 1.165) is 5.52 Å². The lowest BCUT2D eigenvalue weighted by atomic mass is 9.85. The van der Waals surface area contributed by atoms with Crippen molar-refractivity contribution in [3.63, 3.8) is 0 Å². The molecule has 1 nitrogen and oxygen atoms in total. The third kappa shape index (κ3) is 4.10. The standard InChI is InChI=1S/C46H29N/c1-2-11-30-24-36(21-20-29(30)10-1)46-40-18-7-5-16-38(40)45(39-17-6-8-19-41(39)46)35-15-9-14-31(25-35)34-22-23-37-42-26-32-12-3-4-13-33(32)27-44(42)47-43(37)28-34/h1-28,47H. The molecule has 0 unspecified atom stereocenters. The van der Waals surface area contributed by atoms with Crippen LogP contribution in [0.25, 0.3) is 98.3 Å². The van der Waals surface area contributed by atoms with Crippen LogP contribution in [0, 0.1) is 0 Å². The zero-order valence-electron chi connectivity index (χ0n) is 25.7. The lowest BCUT2D eigenvalue weighted by Crippen LogP contribution is -1.91. The molecule has 0 amide bonds. The maximum Gasteiger partial charge on any atom is 0.0471 e. The van der Waals surface area contributed by atoms with Crippen LogP contribution in [-0.4, -0.2) is 4.98 Å². The molecule has 9 aromatic carbocycles. The minimum atomic E-state index is 1.16. The van der Waals surface area contributed by atoms with E-state index in [1.165, 1.54) is 92.8 Å². The zero-order chi connectivity index (χ0) is 30.9. The maximum atomic E-state index is 3.71. The molecule has 0 radical (unpaired) electrons. The number of hydrogen-bond donors (Lipinski definition) is 1. The van der Waals surface area contributed by atoms with Crippen LogP contribution < -0.4 is 0 Å². The molecule has 1 N–H and O–H groups in total. The average Bonchev–Trinajstić information content (AvgIpc) is 3.49. The summed E-state index contributed by atoms with van der Waals surface area (Å²) in [5, 5.41) is 12.6. The smallest absolute Gasteiger partial charge is 0.0471 e. The summed E-state index contributed by atoms with van der Waals surface area (Å²) in [7, 11) is 0. The number of aromatic amines is 1. The third-order valence-electron chi connectivity index (χ3n) is 9.92. The van der Waals surface area contributed by atoms with Crippen molar-refractivity contribution in [2.75, 3.05) is 0 Å². The summed E-state index contributed by atoms with van der Waals surface area (Å²) in [6.45, 7) is 0. The molecule has 10 rings (SSSR count). The fraction of sp³-hybridized carbons (Fsp3) is 0. The summed E-state index contributed by atoms with van der Waals surface area (Å²) in [4.78, 5) is 3.71. The second-order valence-corrected chi connectivity index (χ2v) is 12.6. The van der Waals surface area contributed by atoms with E-state index in [0.29, 0.717) is 0 Å². The van der Waals surface area contributed by atoms with Gasteiger partial charge in [0, 0.05) is 21.8 Å². The SMILES string of the molecule is c1cc(-c2ccc3c(c2)[nH]c2cc4ccccc4cc23)cc(-c2c3ccccc3c(-c3ccc4ccccc4c3)c3ccccc23)c1. The molecule has 0 aliphatic heterocycles. The second kappa shape index (κ2) is 10.2. The van der Waals surface area contributed by atoms with Crippen LogP contribution in [0.15, 0.2) is 170 Å². The first-order valence-corrected chi connectivity index (χ1v) is 16.3.